The molecule has 0 saturated carbocycles. The largest absolute Gasteiger partial charge is 0.345 e. The number of rotatable bonds is 4. The second-order valence-corrected chi connectivity index (χ2v) is 9.55. The van der Waals surface area contributed by atoms with Crippen molar-refractivity contribution in [3.8, 4) is 0 Å². The maximum absolute atomic E-state index is 13.2. The minimum atomic E-state index is -0.508. The predicted octanol–water partition coefficient (Wildman–Crippen LogP) is 4.83. The number of hydrogen-bond donors (Lipinski definition) is 1. The van der Waals surface area contributed by atoms with Gasteiger partial charge < -0.3 is 15.1 Å². The Hall–Kier alpha value is -2.49. The molecular weight excluding hydrogens is 459 g/mol. The zero-order chi connectivity index (χ0) is 22.1. The summed E-state index contributed by atoms with van der Waals surface area (Å²) in [7, 11) is 0. The highest BCUT2D eigenvalue weighted by Gasteiger charge is 2.26. The maximum Gasteiger partial charge on any atom is 0.264 e. The van der Waals surface area contributed by atoms with Crippen molar-refractivity contribution >= 4 is 56.2 Å². The number of thiophene rings is 1. The number of hydrogen-bond acceptors (Lipinski definition) is 6. The fourth-order valence-electron chi connectivity index (χ4n) is 3.34. The number of aryl methyl sites for hydroxylation is 2. The van der Waals surface area contributed by atoms with Gasteiger partial charge in [-0.1, -0.05) is 11.6 Å². The molecule has 10 heteroatoms. The lowest BCUT2D eigenvalue weighted by Crippen LogP contribution is -2.48. The Bertz CT molecular complexity index is 1140. The fourth-order valence-corrected chi connectivity index (χ4v) is 5.49. The third-order valence-corrected chi connectivity index (χ3v) is 7.44. The Morgan fingerprint density at radius 2 is 1.90 bits per heavy atom. The third-order valence-electron chi connectivity index (χ3n) is 4.97. The molecule has 1 aliphatic heterocycles. The van der Waals surface area contributed by atoms with Crippen molar-refractivity contribution in [2.24, 2.45) is 0 Å². The van der Waals surface area contributed by atoms with E-state index in [2.05, 4.69) is 15.2 Å². The van der Waals surface area contributed by atoms with Gasteiger partial charge in [-0.05, 0) is 43.7 Å². The number of anilines is 2. The number of amides is 2. The van der Waals surface area contributed by atoms with Crippen LogP contribution in [-0.4, -0.2) is 47.9 Å². The van der Waals surface area contributed by atoms with Gasteiger partial charge in [-0.25, -0.2) is 9.37 Å². The molecule has 0 radical (unpaired) electrons. The highest BCUT2D eigenvalue weighted by atomic mass is 35.5. The van der Waals surface area contributed by atoms with E-state index in [1.807, 2.05) is 24.1 Å². The second-order valence-electron chi connectivity index (χ2n) is 7.25. The summed E-state index contributed by atoms with van der Waals surface area (Å²) in [4.78, 5) is 34.7. The number of halogens is 2. The molecule has 0 aliphatic carbocycles. The molecule has 3 aromatic rings. The van der Waals surface area contributed by atoms with E-state index in [1.54, 1.807) is 17.4 Å². The number of nitrogens with zero attached hydrogens (tertiary/aromatic N) is 3. The van der Waals surface area contributed by atoms with Crippen LogP contribution in [0.1, 0.15) is 31.3 Å². The molecule has 0 spiro atoms. The van der Waals surface area contributed by atoms with E-state index in [-0.39, 0.29) is 16.5 Å². The van der Waals surface area contributed by atoms with Crippen molar-refractivity contribution in [2.45, 2.75) is 13.8 Å². The molecule has 6 nitrogen and oxygen atoms in total. The molecule has 4 rings (SSSR count). The molecule has 1 aliphatic rings. The van der Waals surface area contributed by atoms with E-state index < -0.39 is 11.7 Å². The van der Waals surface area contributed by atoms with Gasteiger partial charge in [0.2, 0.25) is 0 Å². The monoisotopic (exact) mass is 478 g/mol. The van der Waals surface area contributed by atoms with Crippen molar-refractivity contribution in [1.82, 2.24) is 9.88 Å². The van der Waals surface area contributed by atoms with Crippen LogP contribution in [0.5, 0.6) is 0 Å². The number of nitrogens with one attached hydrogen (secondary N) is 1. The molecule has 1 N–H and O–H groups in total. The highest BCUT2D eigenvalue weighted by molar-refractivity contribution is 7.18. The van der Waals surface area contributed by atoms with E-state index in [4.69, 9.17) is 11.6 Å². The molecule has 2 amide bonds. The average Bonchev–Trinajstić information content (AvgIpc) is 3.33. The van der Waals surface area contributed by atoms with Crippen molar-refractivity contribution < 1.29 is 14.0 Å². The summed E-state index contributed by atoms with van der Waals surface area (Å²) in [5.41, 5.74) is 1.98. The molecule has 0 unspecified atom stereocenters. The second kappa shape index (κ2) is 8.94. The van der Waals surface area contributed by atoms with Gasteiger partial charge in [0, 0.05) is 31.6 Å². The highest BCUT2D eigenvalue weighted by Crippen LogP contribution is 2.30. The number of aromatic nitrogens is 1. The summed E-state index contributed by atoms with van der Waals surface area (Å²) in [5.74, 6) is -0.998. The normalized spacial score (nSPS) is 14.1. The summed E-state index contributed by atoms with van der Waals surface area (Å²) in [6, 6.07) is 5.38. The van der Waals surface area contributed by atoms with Gasteiger partial charge in [-0.2, -0.15) is 0 Å². The van der Waals surface area contributed by atoms with Crippen LogP contribution in [0.3, 0.4) is 0 Å². The van der Waals surface area contributed by atoms with E-state index in [9.17, 15) is 14.0 Å². The van der Waals surface area contributed by atoms with Crippen LogP contribution >= 0.6 is 34.3 Å². The minimum Gasteiger partial charge on any atom is -0.345 e. The third kappa shape index (κ3) is 4.73. The Morgan fingerprint density at radius 1 is 1.16 bits per heavy atom. The summed E-state index contributed by atoms with van der Waals surface area (Å²) < 4.78 is 13.2. The van der Waals surface area contributed by atoms with Crippen LogP contribution in [0.2, 0.25) is 5.02 Å². The summed E-state index contributed by atoms with van der Waals surface area (Å²) in [5, 5.41) is 6.35. The number of benzene rings is 1. The number of thiazole rings is 1. The van der Waals surface area contributed by atoms with Crippen LogP contribution in [0, 0.1) is 19.7 Å². The maximum atomic E-state index is 13.2. The van der Waals surface area contributed by atoms with Gasteiger partial charge in [0.25, 0.3) is 11.8 Å². The first-order valence-electron chi connectivity index (χ1n) is 9.65. The zero-order valence-corrected chi connectivity index (χ0v) is 19.3. The molecule has 1 fully saturated rings. The van der Waals surface area contributed by atoms with Gasteiger partial charge >= 0.3 is 0 Å². The van der Waals surface area contributed by atoms with Gasteiger partial charge in [-0.15, -0.1) is 22.7 Å². The molecule has 2 aromatic heterocycles. The molecule has 3 heterocycles. The summed E-state index contributed by atoms with van der Waals surface area (Å²) in [6.45, 7) is 6.51. The Kier molecular flexibility index (Phi) is 6.27. The topological polar surface area (TPSA) is 65.5 Å². The van der Waals surface area contributed by atoms with E-state index >= 15 is 0 Å². The molecule has 1 saturated heterocycles. The van der Waals surface area contributed by atoms with E-state index in [0.717, 1.165) is 35.5 Å². The lowest BCUT2D eigenvalue weighted by Gasteiger charge is -2.34. The molecule has 0 atom stereocenters. The first kappa shape index (κ1) is 21.7. The van der Waals surface area contributed by atoms with Gasteiger partial charge in [-0.3, -0.25) is 9.59 Å². The van der Waals surface area contributed by atoms with Crippen molar-refractivity contribution in [1.29, 1.82) is 0 Å². The smallest absolute Gasteiger partial charge is 0.264 e. The minimum absolute atomic E-state index is 0.0374. The Morgan fingerprint density at radius 3 is 2.55 bits per heavy atom. The van der Waals surface area contributed by atoms with Gasteiger partial charge in [0.15, 0.2) is 5.13 Å². The average molecular weight is 479 g/mol. The van der Waals surface area contributed by atoms with E-state index in [1.165, 1.54) is 23.5 Å². The number of carbonyl (C=O) groups is 2. The zero-order valence-electron chi connectivity index (χ0n) is 16.9. The van der Waals surface area contributed by atoms with Gasteiger partial charge in [0.05, 0.1) is 26.2 Å². The molecule has 0 bridgehead atoms. The van der Waals surface area contributed by atoms with Crippen LogP contribution in [0.15, 0.2) is 29.6 Å². The summed E-state index contributed by atoms with van der Waals surface area (Å²) in [6.07, 6.45) is 0. The standard InChI is InChI=1S/C21H20ClFN4O2S2/c1-12-9-17(25-19(28)15-4-3-14(23)10-16(15)22)31-18(12)20(29)26-5-7-27(8-6-26)21-24-13(2)11-30-21/h3-4,9-11H,5-8H2,1-2H3,(H,25,28). The quantitative estimate of drug-likeness (QED) is 0.583. The van der Waals surface area contributed by atoms with Crippen molar-refractivity contribution in [2.75, 3.05) is 36.4 Å². The Labute approximate surface area is 192 Å². The van der Waals surface area contributed by atoms with Gasteiger partial charge in [0.1, 0.15) is 5.82 Å². The molecular formula is C21H20ClFN4O2S2. The van der Waals surface area contributed by atoms with Crippen LogP contribution in [0.4, 0.5) is 14.5 Å². The first-order valence-corrected chi connectivity index (χ1v) is 11.7. The van der Waals surface area contributed by atoms with E-state index in [0.29, 0.717) is 23.0 Å². The molecule has 31 heavy (non-hydrogen) atoms. The van der Waals surface area contributed by atoms with Crippen LogP contribution in [0.25, 0.3) is 0 Å². The fraction of sp³-hybridized carbons (Fsp3) is 0.286. The Balaban J connectivity index is 1.41. The lowest BCUT2D eigenvalue weighted by atomic mass is 10.2. The lowest BCUT2D eigenvalue weighted by molar-refractivity contribution is 0.0750. The van der Waals surface area contributed by atoms with Crippen LogP contribution < -0.4 is 10.2 Å². The number of piperazine rings is 1. The van der Waals surface area contributed by atoms with Crippen LogP contribution in [-0.2, 0) is 0 Å². The molecule has 1 aromatic carbocycles. The molecule has 162 valence electrons. The summed E-state index contributed by atoms with van der Waals surface area (Å²) >= 11 is 8.82. The first-order chi connectivity index (χ1) is 14.8. The van der Waals surface area contributed by atoms with Crippen molar-refractivity contribution in [3.63, 3.8) is 0 Å². The number of carbonyl (C=O) groups excluding carboxylic acids is 2. The van der Waals surface area contributed by atoms with Crippen molar-refractivity contribution in [3.05, 3.63) is 62.2 Å². The predicted molar refractivity (Wildman–Crippen MR) is 123 cm³/mol. The SMILES string of the molecule is Cc1csc(N2CCN(C(=O)c3sc(NC(=O)c4ccc(F)cc4Cl)cc3C)CC2)n1.